The number of nitrogens with one attached hydrogen (secondary N) is 3. The van der Waals surface area contributed by atoms with E-state index < -0.39 is 36.4 Å². The Morgan fingerprint density at radius 3 is 2.67 bits per heavy atom. The number of carbonyl (C=O) groups excluding carboxylic acids is 1. The number of nitrogens with zero attached hydrogens (tertiary/aromatic N) is 1. The van der Waals surface area contributed by atoms with Gasteiger partial charge in [-0.25, -0.2) is 27.3 Å². The molecule has 1 aromatic carbocycles. The van der Waals surface area contributed by atoms with Gasteiger partial charge in [0.2, 0.25) is 0 Å². The van der Waals surface area contributed by atoms with Crippen molar-refractivity contribution in [2.24, 2.45) is 0 Å². The third-order valence-electron chi connectivity index (χ3n) is 3.37. The highest BCUT2D eigenvalue weighted by molar-refractivity contribution is 6.36. The summed E-state index contributed by atoms with van der Waals surface area (Å²) >= 11 is 6.01. The number of ether oxygens (including phenoxy) is 1. The van der Waals surface area contributed by atoms with Gasteiger partial charge in [0.25, 0.3) is 6.43 Å². The number of aromatic amines is 1. The van der Waals surface area contributed by atoms with E-state index in [1.54, 1.807) is 0 Å². The highest BCUT2D eigenvalue weighted by Gasteiger charge is 2.18. The van der Waals surface area contributed by atoms with Crippen LogP contribution >= 0.6 is 11.6 Å². The van der Waals surface area contributed by atoms with Crippen molar-refractivity contribution in [3.8, 4) is 11.5 Å². The zero-order valence-corrected chi connectivity index (χ0v) is 14.1. The van der Waals surface area contributed by atoms with Gasteiger partial charge in [-0.1, -0.05) is 11.6 Å². The van der Waals surface area contributed by atoms with Gasteiger partial charge in [-0.3, -0.25) is 0 Å². The van der Waals surface area contributed by atoms with Crippen molar-refractivity contribution in [1.82, 2.24) is 15.3 Å². The SMILES string of the molecule is O=C(NCC(F)F)Nc1cc(F)c(Oc2ccnc3[nH]cc(Cl)c23)c(F)c1. The van der Waals surface area contributed by atoms with Crippen molar-refractivity contribution in [1.29, 1.82) is 0 Å². The number of rotatable bonds is 5. The number of hydrogen-bond donors (Lipinski definition) is 3. The van der Waals surface area contributed by atoms with E-state index in [2.05, 4.69) is 9.97 Å². The first-order chi connectivity index (χ1) is 12.8. The number of benzene rings is 1. The van der Waals surface area contributed by atoms with Crippen molar-refractivity contribution in [2.75, 3.05) is 11.9 Å². The number of H-pyrrole nitrogens is 1. The largest absolute Gasteiger partial charge is 0.450 e. The van der Waals surface area contributed by atoms with E-state index in [1.165, 1.54) is 18.5 Å². The van der Waals surface area contributed by atoms with E-state index in [4.69, 9.17) is 16.3 Å². The first kappa shape index (κ1) is 18.8. The quantitative estimate of drug-likeness (QED) is 0.542. The number of anilines is 1. The van der Waals surface area contributed by atoms with E-state index in [-0.39, 0.29) is 16.5 Å². The van der Waals surface area contributed by atoms with Crippen LogP contribution in [0.25, 0.3) is 11.0 Å². The summed E-state index contributed by atoms with van der Waals surface area (Å²) in [5.41, 5.74) is 0.0935. The number of halogens is 5. The molecule has 11 heteroatoms. The van der Waals surface area contributed by atoms with Crippen molar-refractivity contribution in [2.45, 2.75) is 6.43 Å². The van der Waals surface area contributed by atoms with Gasteiger partial charge in [0.05, 0.1) is 17.0 Å². The Balaban J connectivity index is 1.83. The van der Waals surface area contributed by atoms with Gasteiger partial charge in [0.15, 0.2) is 17.4 Å². The molecule has 2 heterocycles. The van der Waals surface area contributed by atoms with E-state index >= 15 is 0 Å². The molecule has 6 nitrogen and oxygen atoms in total. The normalized spacial score (nSPS) is 11.0. The maximum absolute atomic E-state index is 14.3. The van der Waals surface area contributed by atoms with Crippen LogP contribution in [-0.4, -0.2) is 29.0 Å². The molecule has 0 aliphatic heterocycles. The zero-order valence-electron chi connectivity index (χ0n) is 13.3. The molecule has 0 fully saturated rings. The lowest BCUT2D eigenvalue weighted by atomic mass is 10.2. The molecule has 0 unspecified atom stereocenters. The van der Waals surface area contributed by atoms with Crippen LogP contribution in [0.15, 0.2) is 30.6 Å². The minimum atomic E-state index is -2.75. The molecule has 0 spiro atoms. The summed E-state index contributed by atoms with van der Waals surface area (Å²) in [7, 11) is 0. The molecule has 0 saturated carbocycles. The Kier molecular flexibility index (Phi) is 5.36. The van der Waals surface area contributed by atoms with E-state index in [0.717, 1.165) is 12.1 Å². The highest BCUT2D eigenvalue weighted by atomic mass is 35.5. The molecular weight excluding hydrogens is 392 g/mol. The predicted molar refractivity (Wildman–Crippen MR) is 90.6 cm³/mol. The lowest BCUT2D eigenvalue weighted by Gasteiger charge is -2.12. The smallest absolute Gasteiger partial charge is 0.319 e. The molecule has 2 amide bonds. The molecule has 0 radical (unpaired) electrons. The van der Waals surface area contributed by atoms with Gasteiger partial charge in [-0.2, -0.15) is 0 Å². The van der Waals surface area contributed by atoms with Crippen molar-refractivity contribution in [3.05, 3.63) is 47.2 Å². The molecular formula is C16H11ClF4N4O2. The molecule has 3 rings (SSSR count). The standard InChI is InChI=1S/C16H11ClF4N4O2/c17-8-5-23-15-13(8)11(1-2-22-15)27-14-9(18)3-7(4-10(14)19)25-16(26)24-6-12(20)21/h1-5,12H,6H2,(H,22,23)(H2,24,25,26). The summed E-state index contributed by atoms with van der Waals surface area (Å²) in [4.78, 5) is 18.2. The molecule has 0 bridgehead atoms. The van der Waals surface area contributed by atoms with Gasteiger partial charge in [0, 0.05) is 30.2 Å². The number of hydrogen-bond acceptors (Lipinski definition) is 3. The molecule has 27 heavy (non-hydrogen) atoms. The molecule has 3 N–H and O–H groups in total. The topological polar surface area (TPSA) is 79.0 Å². The van der Waals surface area contributed by atoms with Crippen LogP contribution in [0.4, 0.5) is 28.0 Å². The molecule has 0 aliphatic carbocycles. The number of pyridine rings is 1. The summed E-state index contributed by atoms with van der Waals surface area (Å²) < 4.78 is 57.9. The number of fused-ring (bicyclic) bond motifs is 1. The Labute approximate surface area is 154 Å². The van der Waals surface area contributed by atoms with E-state index in [0.29, 0.717) is 11.0 Å². The Morgan fingerprint density at radius 2 is 2.00 bits per heavy atom. The summed E-state index contributed by atoms with van der Waals surface area (Å²) in [6.45, 7) is -0.895. The molecule has 0 saturated heterocycles. The predicted octanol–water partition coefficient (Wildman–Crippen LogP) is 4.67. The Bertz CT molecular complexity index is 973. The highest BCUT2D eigenvalue weighted by Crippen LogP contribution is 2.36. The third-order valence-corrected chi connectivity index (χ3v) is 3.67. The maximum Gasteiger partial charge on any atom is 0.319 e. The fraction of sp³-hybridized carbons (Fsp3) is 0.125. The number of carbonyl (C=O) groups is 1. The first-order valence-electron chi connectivity index (χ1n) is 7.46. The lowest BCUT2D eigenvalue weighted by molar-refractivity contribution is 0.148. The second kappa shape index (κ2) is 7.70. The van der Waals surface area contributed by atoms with Crippen LogP contribution in [0.1, 0.15) is 0 Å². The lowest BCUT2D eigenvalue weighted by Crippen LogP contribution is -2.32. The maximum atomic E-state index is 14.3. The van der Waals surface area contributed by atoms with Crippen molar-refractivity contribution >= 4 is 34.4 Å². The molecule has 0 aliphatic rings. The molecule has 142 valence electrons. The Morgan fingerprint density at radius 1 is 1.30 bits per heavy atom. The van der Waals surface area contributed by atoms with Gasteiger partial charge >= 0.3 is 6.03 Å². The summed E-state index contributed by atoms with van der Waals surface area (Å²) in [6, 6.07) is 1.93. The van der Waals surface area contributed by atoms with E-state index in [9.17, 15) is 22.4 Å². The summed E-state index contributed by atoms with van der Waals surface area (Å²) in [6.07, 6.45) is 0.0605. The zero-order chi connectivity index (χ0) is 19.6. The molecule has 0 atom stereocenters. The minimum absolute atomic E-state index is 0.0689. The molecule has 2 aromatic heterocycles. The average molecular weight is 403 g/mol. The van der Waals surface area contributed by atoms with Gasteiger partial charge in [0.1, 0.15) is 11.4 Å². The summed E-state index contributed by atoms with van der Waals surface area (Å²) in [5.74, 6) is -2.88. The minimum Gasteiger partial charge on any atom is -0.450 e. The monoisotopic (exact) mass is 402 g/mol. The number of alkyl halides is 2. The van der Waals surface area contributed by atoms with Crippen LogP contribution in [0.3, 0.4) is 0 Å². The fourth-order valence-electron chi connectivity index (χ4n) is 2.26. The first-order valence-corrected chi connectivity index (χ1v) is 7.84. The van der Waals surface area contributed by atoms with Gasteiger partial charge in [-0.05, 0) is 6.07 Å². The van der Waals surface area contributed by atoms with Crippen LogP contribution in [0, 0.1) is 11.6 Å². The number of urea groups is 1. The average Bonchev–Trinajstić information content (AvgIpc) is 2.98. The third kappa shape index (κ3) is 4.22. The number of amides is 2. The van der Waals surface area contributed by atoms with Crippen LogP contribution < -0.4 is 15.4 Å². The van der Waals surface area contributed by atoms with Crippen LogP contribution in [0.5, 0.6) is 11.5 Å². The summed E-state index contributed by atoms with van der Waals surface area (Å²) in [5, 5.41) is 4.49. The second-order valence-corrected chi connectivity index (χ2v) is 5.67. The van der Waals surface area contributed by atoms with Crippen LogP contribution in [0.2, 0.25) is 5.02 Å². The van der Waals surface area contributed by atoms with E-state index in [1.807, 2.05) is 10.6 Å². The van der Waals surface area contributed by atoms with Crippen LogP contribution in [-0.2, 0) is 0 Å². The fourth-order valence-corrected chi connectivity index (χ4v) is 2.50. The van der Waals surface area contributed by atoms with Gasteiger partial charge in [-0.15, -0.1) is 0 Å². The molecule has 3 aromatic rings. The van der Waals surface area contributed by atoms with Crippen molar-refractivity contribution in [3.63, 3.8) is 0 Å². The van der Waals surface area contributed by atoms with Gasteiger partial charge < -0.3 is 20.4 Å². The Hall–Kier alpha value is -3.01. The second-order valence-electron chi connectivity index (χ2n) is 5.27. The van der Waals surface area contributed by atoms with Crippen molar-refractivity contribution < 1.29 is 27.1 Å². The number of aromatic nitrogens is 2.